The summed E-state index contributed by atoms with van der Waals surface area (Å²) in [5, 5.41) is 0. The minimum atomic E-state index is -2.99. The maximum Gasteiger partial charge on any atom is 0.248 e. The van der Waals surface area contributed by atoms with E-state index < -0.39 is 9.84 Å². The Kier molecular flexibility index (Phi) is 5.42. The van der Waals surface area contributed by atoms with Crippen molar-refractivity contribution in [3.63, 3.8) is 0 Å². The highest BCUT2D eigenvalue weighted by Crippen LogP contribution is 2.17. The molecule has 0 aromatic heterocycles. The molecule has 6 nitrogen and oxygen atoms in total. The van der Waals surface area contributed by atoms with Gasteiger partial charge in [-0.25, -0.2) is 8.42 Å². The van der Waals surface area contributed by atoms with E-state index in [1.807, 2.05) is 24.3 Å². The van der Waals surface area contributed by atoms with Gasteiger partial charge >= 0.3 is 0 Å². The molecule has 1 aromatic rings. The van der Waals surface area contributed by atoms with E-state index in [0.29, 0.717) is 13.0 Å². The van der Waals surface area contributed by atoms with Crippen LogP contribution >= 0.6 is 0 Å². The lowest BCUT2D eigenvalue weighted by atomic mass is 10.2. The van der Waals surface area contributed by atoms with E-state index in [1.165, 1.54) is 4.90 Å². The van der Waals surface area contributed by atoms with Crippen LogP contribution in [0.25, 0.3) is 0 Å². The van der Waals surface area contributed by atoms with Gasteiger partial charge in [0.25, 0.3) is 0 Å². The molecule has 1 aliphatic heterocycles. The Morgan fingerprint density at radius 2 is 2.18 bits per heavy atom. The number of sulfone groups is 1. The van der Waals surface area contributed by atoms with Crippen LogP contribution in [0.3, 0.4) is 0 Å². The third-order valence-electron chi connectivity index (χ3n) is 3.78. The van der Waals surface area contributed by atoms with Gasteiger partial charge in [0, 0.05) is 13.1 Å². The summed E-state index contributed by atoms with van der Waals surface area (Å²) in [7, 11) is 0.225. The van der Waals surface area contributed by atoms with E-state index in [4.69, 9.17) is 9.47 Å². The molecular weight excluding hydrogens is 306 g/mol. The number of nitrogens with zero attached hydrogens (tertiary/aromatic N) is 1. The minimum absolute atomic E-state index is 0.0468. The van der Waals surface area contributed by atoms with Gasteiger partial charge < -0.3 is 14.4 Å². The van der Waals surface area contributed by atoms with Crippen LogP contribution in [0.1, 0.15) is 12.0 Å². The fourth-order valence-corrected chi connectivity index (χ4v) is 4.18. The monoisotopic (exact) mass is 327 g/mol. The van der Waals surface area contributed by atoms with Gasteiger partial charge in [-0.05, 0) is 24.1 Å². The molecule has 0 bridgehead atoms. The molecule has 1 aliphatic rings. The third-order valence-corrected chi connectivity index (χ3v) is 5.53. The standard InChI is InChI=1S/C15H21NO5S/c1-16(13-6-7-22(18,19)11-13)15(17)10-21-9-12-4-3-5-14(8-12)20-2/h3-5,8,13H,6-7,9-11H2,1-2H3/t13-/m1/s1. The Balaban J connectivity index is 1.80. The molecule has 0 unspecified atom stereocenters. The maximum atomic E-state index is 12.0. The number of ether oxygens (including phenoxy) is 2. The lowest BCUT2D eigenvalue weighted by Gasteiger charge is -2.23. The minimum Gasteiger partial charge on any atom is -0.497 e. The smallest absolute Gasteiger partial charge is 0.248 e. The quantitative estimate of drug-likeness (QED) is 0.775. The number of rotatable bonds is 6. The molecule has 1 heterocycles. The number of hydrogen-bond acceptors (Lipinski definition) is 5. The summed E-state index contributed by atoms with van der Waals surface area (Å²) in [5.41, 5.74) is 0.915. The predicted molar refractivity (Wildman–Crippen MR) is 82.5 cm³/mol. The Hall–Kier alpha value is -1.60. The van der Waals surface area contributed by atoms with Crippen molar-refractivity contribution in [1.82, 2.24) is 4.90 Å². The molecular formula is C15H21NO5S. The zero-order chi connectivity index (χ0) is 16.2. The highest BCUT2D eigenvalue weighted by atomic mass is 32.2. The van der Waals surface area contributed by atoms with Crippen molar-refractivity contribution in [3.05, 3.63) is 29.8 Å². The zero-order valence-corrected chi connectivity index (χ0v) is 13.6. The third kappa shape index (κ3) is 4.45. The molecule has 1 saturated heterocycles. The summed E-state index contributed by atoms with van der Waals surface area (Å²) in [6.07, 6.45) is 0.500. The fraction of sp³-hybridized carbons (Fsp3) is 0.533. The molecule has 122 valence electrons. The van der Waals surface area contributed by atoms with Crippen LogP contribution in [0.15, 0.2) is 24.3 Å². The average Bonchev–Trinajstić information content (AvgIpc) is 2.86. The number of amides is 1. The van der Waals surface area contributed by atoms with Gasteiger partial charge in [-0.3, -0.25) is 4.79 Å². The molecule has 0 N–H and O–H groups in total. The van der Waals surface area contributed by atoms with Crippen LogP contribution in [0.2, 0.25) is 0 Å². The summed E-state index contributed by atoms with van der Waals surface area (Å²) in [4.78, 5) is 13.5. The van der Waals surface area contributed by atoms with E-state index in [1.54, 1.807) is 14.2 Å². The Labute approximate surface area is 130 Å². The fourth-order valence-electron chi connectivity index (χ4n) is 2.40. The van der Waals surface area contributed by atoms with Gasteiger partial charge in [-0.2, -0.15) is 0 Å². The van der Waals surface area contributed by atoms with Crippen molar-refractivity contribution in [2.75, 3.05) is 32.3 Å². The number of hydrogen-bond donors (Lipinski definition) is 0. The van der Waals surface area contributed by atoms with E-state index >= 15 is 0 Å². The number of methoxy groups -OCH3 is 1. The molecule has 7 heteroatoms. The highest BCUT2D eigenvalue weighted by molar-refractivity contribution is 7.91. The lowest BCUT2D eigenvalue weighted by Crippen LogP contribution is -2.39. The lowest BCUT2D eigenvalue weighted by molar-refractivity contribution is -0.136. The number of carbonyl (C=O) groups is 1. The van der Waals surface area contributed by atoms with Crippen molar-refractivity contribution in [1.29, 1.82) is 0 Å². The predicted octanol–water partition coefficient (Wildman–Crippen LogP) is 0.857. The summed E-state index contributed by atoms with van der Waals surface area (Å²) < 4.78 is 33.4. The Morgan fingerprint density at radius 3 is 2.82 bits per heavy atom. The average molecular weight is 327 g/mol. The first-order valence-corrected chi connectivity index (χ1v) is 8.90. The van der Waals surface area contributed by atoms with E-state index in [2.05, 4.69) is 0 Å². The van der Waals surface area contributed by atoms with E-state index in [-0.39, 0.29) is 30.1 Å². The van der Waals surface area contributed by atoms with Gasteiger partial charge in [0.1, 0.15) is 12.4 Å². The van der Waals surface area contributed by atoms with Gasteiger partial charge in [-0.1, -0.05) is 12.1 Å². The van der Waals surface area contributed by atoms with Crippen molar-refractivity contribution < 1.29 is 22.7 Å². The molecule has 0 aliphatic carbocycles. The largest absolute Gasteiger partial charge is 0.497 e. The molecule has 1 fully saturated rings. The zero-order valence-electron chi connectivity index (χ0n) is 12.8. The maximum absolute atomic E-state index is 12.0. The van der Waals surface area contributed by atoms with E-state index in [0.717, 1.165) is 11.3 Å². The van der Waals surface area contributed by atoms with Crippen LogP contribution in [-0.2, 0) is 26.0 Å². The first-order chi connectivity index (χ1) is 10.4. The number of likely N-dealkylation sites (N-methyl/N-ethyl adjacent to an activating group) is 1. The first kappa shape index (κ1) is 16.8. The van der Waals surface area contributed by atoms with Crippen LogP contribution in [0, 0.1) is 0 Å². The van der Waals surface area contributed by atoms with Gasteiger partial charge in [0.15, 0.2) is 9.84 Å². The molecule has 0 spiro atoms. The second-order valence-corrected chi connectivity index (χ2v) is 7.63. The van der Waals surface area contributed by atoms with Gasteiger partial charge in [0.05, 0.1) is 25.2 Å². The topological polar surface area (TPSA) is 72.9 Å². The summed E-state index contributed by atoms with van der Waals surface area (Å²) in [6.45, 7) is 0.240. The van der Waals surface area contributed by atoms with Gasteiger partial charge in [0.2, 0.25) is 5.91 Å². The molecule has 1 aromatic carbocycles. The van der Waals surface area contributed by atoms with Crippen molar-refractivity contribution >= 4 is 15.7 Å². The number of benzene rings is 1. The molecule has 1 amide bonds. The van der Waals surface area contributed by atoms with Crippen molar-refractivity contribution in [3.8, 4) is 5.75 Å². The molecule has 0 saturated carbocycles. The molecule has 1 atom stereocenters. The van der Waals surface area contributed by atoms with Crippen LogP contribution in [0.5, 0.6) is 5.75 Å². The van der Waals surface area contributed by atoms with Crippen molar-refractivity contribution in [2.24, 2.45) is 0 Å². The number of carbonyl (C=O) groups excluding carboxylic acids is 1. The van der Waals surface area contributed by atoms with Crippen LogP contribution in [0.4, 0.5) is 0 Å². The first-order valence-electron chi connectivity index (χ1n) is 7.08. The SMILES string of the molecule is COc1cccc(COCC(=O)N(C)[C@@H]2CCS(=O)(=O)C2)c1. The summed E-state index contributed by atoms with van der Waals surface area (Å²) in [5.74, 6) is 0.733. The van der Waals surface area contributed by atoms with Gasteiger partial charge in [-0.15, -0.1) is 0 Å². The van der Waals surface area contributed by atoms with Crippen molar-refractivity contribution in [2.45, 2.75) is 19.1 Å². The second kappa shape index (κ2) is 7.11. The molecule has 22 heavy (non-hydrogen) atoms. The normalized spacial score (nSPS) is 19.8. The molecule has 2 rings (SSSR count). The Bertz CT molecular complexity index is 629. The molecule has 0 radical (unpaired) electrons. The second-order valence-electron chi connectivity index (χ2n) is 5.41. The highest BCUT2D eigenvalue weighted by Gasteiger charge is 2.32. The van der Waals surface area contributed by atoms with E-state index in [9.17, 15) is 13.2 Å². The Morgan fingerprint density at radius 1 is 1.41 bits per heavy atom. The van der Waals surface area contributed by atoms with Crippen LogP contribution < -0.4 is 4.74 Å². The summed E-state index contributed by atoms with van der Waals surface area (Å²) >= 11 is 0. The summed E-state index contributed by atoms with van der Waals surface area (Å²) in [6, 6.07) is 7.19. The van der Waals surface area contributed by atoms with Crippen LogP contribution in [-0.4, -0.2) is 57.5 Å².